The maximum atomic E-state index is 5.89. The Morgan fingerprint density at radius 3 is 2.09 bits per heavy atom. The molecule has 2 aromatic rings. The van der Waals surface area contributed by atoms with Gasteiger partial charge >= 0.3 is 0 Å². The van der Waals surface area contributed by atoms with Crippen LogP contribution in [0.25, 0.3) is 10.9 Å². The Bertz CT molecular complexity index is 543. The number of nitrogen functional groups attached to an aromatic ring is 1. The van der Waals surface area contributed by atoms with Crippen LogP contribution in [0.1, 0.15) is 53.4 Å². The first-order valence-corrected chi connectivity index (χ1v) is 8.57. The van der Waals surface area contributed by atoms with Crippen molar-refractivity contribution in [2.24, 2.45) is 0 Å². The van der Waals surface area contributed by atoms with Gasteiger partial charge < -0.3 is 10.6 Å². The minimum Gasteiger partial charge on any atom is -0.399 e. The molecule has 3 nitrogen and oxygen atoms in total. The molecule has 1 aromatic carbocycles. The van der Waals surface area contributed by atoms with Gasteiger partial charge in [-0.1, -0.05) is 40.5 Å². The minimum absolute atomic E-state index is 0.796. The number of hydrogen-bond donors (Lipinski definition) is 1. The van der Waals surface area contributed by atoms with E-state index in [2.05, 4.69) is 43.6 Å². The van der Waals surface area contributed by atoms with Gasteiger partial charge in [-0.25, -0.2) is 0 Å². The average molecular weight is 301 g/mol. The van der Waals surface area contributed by atoms with E-state index in [0.717, 1.165) is 42.5 Å². The molecule has 0 saturated carbocycles. The molecule has 22 heavy (non-hydrogen) atoms. The number of pyridine rings is 1. The van der Waals surface area contributed by atoms with Gasteiger partial charge in [0.2, 0.25) is 0 Å². The standard InChI is InChI=1S/C15H21N3.C4H10/c1-3-9-18(10-4-2)15-7-8-17-14-6-5-12(16)11-13(14)15;1-3-4-2/h5-8,11H,3-4,9-10,16H2,1-2H3;3-4H2,1-2H3. The normalized spacial score (nSPS) is 10.2. The lowest BCUT2D eigenvalue weighted by Crippen LogP contribution is -2.25. The topological polar surface area (TPSA) is 42.2 Å². The average Bonchev–Trinajstić information content (AvgIpc) is 2.54. The number of anilines is 2. The fourth-order valence-corrected chi connectivity index (χ4v) is 2.32. The van der Waals surface area contributed by atoms with E-state index in [1.165, 1.54) is 18.5 Å². The predicted molar refractivity (Wildman–Crippen MR) is 99.5 cm³/mol. The van der Waals surface area contributed by atoms with Crippen LogP contribution < -0.4 is 10.6 Å². The molecule has 2 N–H and O–H groups in total. The van der Waals surface area contributed by atoms with Gasteiger partial charge in [-0.15, -0.1) is 0 Å². The van der Waals surface area contributed by atoms with Gasteiger partial charge in [0.15, 0.2) is 0 Å². The van der Waals surface area contributed by atoms with Crippen molar-refractivity contribution in [1.82, 2.24) is 4.98 Å². The molecule has 122 valence electrons. The predicted octanol–water partition coefficient (Wildman–Crippen LogP) is 5.25. The fourth-order valence-electron chi connectivity index (χ4n) is 2.32. The lowest BCUT2D eigenvalue weighted by atomic mass is 10.1. The minimum atomic E-state index is 0.796. The summed E-state index contributed by atoms with van der Waals surface area (Å²) in [7, 11) is 0. The number of aromatic nitrogens is 1. The van der Waals surface area contributed by atoms with Gasteiger partial charge in [0, 0.05) is 36.0 Å². The van der Waals surface area contributed by atoms with Crippen LogP contribution in [-0.4, -0.2) is 18.1 Å². The molecule has 0 unspecified atom stereocenters. The highest BCUT2D eigenvalue weighted by molar-refractivity contribution is 5.93. The number of unbranched alkanes of at least 4 members (excludes halogenated alkanes) is 1. The van der Waals surface area contributed by atoms with E-state index >= 15 is 0 Å². The molecule has 0 atom stereocenters. The first-order chi connectivity index (χ1) is 10.7. The van der Waals surface area contributed by atoms with Crippen LogP contribution in [0.5, 0.6) is 0 Å². The summed E-state index contributed by atoms with van der Waals surface area (Å²) >= 11 is 0. The van der Waals surface area contributed by atoms with E-state index in [4.69, 9.17) is 5.73 Å². The number of benzene rings is 1. The van der Waals surface area contributed by atoms with Crippen molar-refractivity contribution in [1.29, 1.82) is 0 Å². The maximum Gasteiger partial charge on any atom is 0.0724 e. The monoisotopic (exact) mass is 301 g/mol. The summed E-state index contributed by atoms with van der Waals surface area (Å²) in [6.07, 6.45) is 6.81. The molecular formula is C19H31N3. The SMILES string of the molecule is CCCC.CCCN(CCC)c1ccnc2ccc(N)cc12. The summed E-state index contributed by atoms with van der Waals surface area (Å²) < 4.78 is 0. The third kappa shape index (κ3) is 5.21. The van der Waals surface area contributed by atoms with Gasteiger partial charge in [-0.05, 0) is 37.1 Å². The first-order valence-electron chi connectivity index (χ1n) is 8.57. The number of fused-ring (bicyclic) bond motifs is 1. The van der Waals surface area contributed by atoms with Crippen LogP contribution >= 0.6 is 0 Å². The molecule has 2 rings (SSSR count). The molecule has 3 heteroatoms. The number of hydrogen-bond acceptors (Lipinski definition) is 3. The second-order valence-electron chi connectivity index (χ2n) is 5.59. The number of nitrogens with zero attached hydrogens (tertiary/aromatic N) is 2. The number of nitrogens with two attached hydrogens (primary N) is 1. The maximum absolute atomic E-state index is 5.89. The second-order valence-corrected chi connectivity index (χ2v) is 5.59. The van der Waals surface area contributed by atoms with Crippen molar-refractivity contribution in [2.45, 2.75) is 53.4 Å². The van der Waals surface area contributed by atoms with Crippen molar-refractivity contribution >= 4 is 22.3 Å². The first kappa shape index (κ1) is 18.3. The number of rotatable bonds is 6. The van der Waals surface area contributed by atoms with Crippen molar-refractivity contribution in [2.75, 3.05) is 23.7 Å². The molecule has 0 aliphatic rings. The zero-order valence-corrected chi connectivity index (χ0v) is 14.6. The molecule has 0 bridgehead atoms. The van der Waals surface area contributed by atoms with Gasteiger partial charge in [0.1, 0.15) is 0 Å². The van der Waals surface area contributed by atoms with Crippen molar-refractivity contribution in [3.05, 3.63) is 30.5 Å². The van der Waals surface area contributed by atoms with Crippen LogP contribution in [0.3, 0.4) is 0 Å². The van der Waals surface area contributed by atoms with E-state index in [1.807, 2.05) is 24.4 Å². The van der Waals surface area contributed by atoms with Crippen molar-refractivity contribution in [3.8, 4) is 0 Å². The van der Waals surface area contributed by atoms with Crippen molar-refractivity contribution in [3.63, 3.8) is 0 Å². The highest BCUT2D eigenvalue weighted by atomic mass is 15.1. The molecule has 1 heterocycles. The van der Waals surface area contributed by atoms with Gasteiger partial charge in [0.25, 0.3) is 0 Å². The van der Waals surface area contributed by atoms with Crippen LogP contribution in [0.4, 0.5) is 11.4 Å². The zero-order chi connectivity index (χ0) is 16.4. The highest BCUT2D eigenvalue weighted by Crippen LogP contribution is 2.27. The second kappa shape index (κ2) is 10.0. The van der Waals surface area contributed by atoms with Crippen LogP contribution in [-0.2, 0) is 0 Å². The lowest BCUT2D eigenvalue weighted by Gasteiger charge is -2.25. The Morgan fingerprint density at radius 1 is 0.909 bits per heavy atom. The fraction of sp³-hybridized carbons (Fsp3) is 0.526. The summed E-state index contributed by atoms with van der Waals surface area (Å²) in [5, 5.41) is 1.15. The smallest absolute Gasteiger partial charge is 0.0724 e. The van der Waals surface area contributed by atoms with Crippen LogP contribution in [0, 0.1) is 0 Å². The van der Waals surface area contributed by atoms with Gasteiger partial charge in [-0.2, -0.15) is 0 Å². The van der Waals surface area contributed by atoms with E-state index in [1.54, 1.807) is 0 Å². The molecule has 0 amide bonds. The Kier molecular flexibility index (Phi) is 8.34. The van der Waals surface area contributed by atoms with E-state index in [0.29, 0.717) is 0 Å². The van der Waals surface area contributed by atoms with Gasteiger partial charge in [0.05, 0.1) is 5.52 Å². The molecule has 0 radical (unpaired) electrons. The third-order valence-electron chi connectivity index (χ3n) is 3.57. The van der Waals surface area contributed by atoms with E-state index in [9.17, 15) is 0 Å². The summed E-state index contributed by atoms with van der Waals surface area (Å²) in [4.78, 5) is 6.82. The molecule has 0 spiro atoms. The zero-order valence-electron chi connectivity index (χ0n) is 14.6. The summed E-state index contributed by atoms with van der Waals surface area (Å²) in [6, 6.07) is 8.01. The summed E-state index contributed by atoms with van der Waals surface area (Å²) in [5.41, 5.74) is 8.95. The molecular weight excluding hydrogens is 270 g/mol. The molecule has 0 saturated heterocycles. The Morgan fingerprint density at radius 2 is 1.55 bits per heavy atom. The lowest BCUT2D eigenvalue weighted by molar-refractivity contribution is 0.747. The quantitative estimate of drug-likeness (QED) is 0.741. The van der Waals surface area contributed by atoms with Gasteiger partial charge in [-0.3, -0.25) is 4.98 Å². The van der Waals surface area contributed by atoms with Crippen LogP contribution in [0.15, 0.2) is 30.5 Å². The van der Waals surface area contributed by atoms with E-state index in [-0.39, 0.29) is 0 Å². The molecule has 1 aromatic heterocycles. The summed E-state index contributed by atoms with van der Waals surface area (Å²) in [5.74, 6) is 0. The third-order valence-corrected chi connectivity index (χ3v) is 3.57. The van der Waals surface area contributed by atoms with Crippen molar-refractivity contribution < 1.29 is 0 Å². The largest absolute Gasteiger partial charge is 0.399 e. The van der Waals surface area contributed by atoms with Crippen LogP contribution in [0.2, 0.25) is 0 Å². The molecule has 0 aliphatic heterocycles. The Hall–Kier alpha value is -1.77. The molecule has 0 fully saturated rings. The summed E-state index contributed by atoms with van der Waals surface area (Å²) in [6.45, 7) is 10.9. The Balaban J connectivity index is 0.000000541. The highest BCUT2D eigenvalue weighted by Gasteiger charge is 2.09. The Labute approximate surface area is 135 Å². The van der Waals surface area contributed by atoms with E-state index < -0.39 is 0 Å². The molecule has 0 aliphatic carbocycles.